The van der Waals surface area contributed by atoms with Crippen LogP contribution in [0.15, 0.2) is 24.3 Å². The fourth-order valence-corrected chi connectivity index (χ4v) is 2.82. The molecule has 0 bridgehead atoms. The Hall–Kier alpha value is -1.51. The number of carbonyl (C=O) groups is 1. The zero-order chi connectivity index (χ0) is 12.8. The van der Waals surface area contributed by atoms with E-state index in [1.807, 2.05) is 17.8 Å². The molecule has 1 saturated heterocycles. The number of nitrogens with one attached hydrogen (secondary N) is 1. The summed E-state index contributed by atoms with van der Waals surface area (Å²) in [7, 11) is 0. The third-order valence-corrected chi connectivity index (χ3v) is 3.74. The standard InChI is InChI=1S/C13H15N3OS/c14-9-11-3-1-2-4-12(11)15-13(17)10-16-5-7-18-8-6-16/h1-4H,5-8,10H2,(H,15,17). The minimum Gasteiger partial charge on any atom is -0.324 e. The summed E-state index contributed by atoms with van der Waals surface area (Å²) < 4.78 is 0. The van der Waals surface area contributed by atoms with Crippen LogP contribution in [0.5, 0.6) is 0 Å². The molecule has 0 spiro atoms. The average Bonchev–Trinajstić information content (AvgIpc) is 2.40. The number of nitrogens with zero attached hydrogens (tertiary/aromatic N) is 2. The summed E-state index contributed by atoms with van der Waals surface area (Å²) in [6.45, 7) is 2.32. The smallest absolute Gasteiger partial charge is 0.238 e. The molecule has 0 aromatic heterocycles. The number of nitriles is 1. The summed E-state index contributed by atoms with van der Waals surface area (Å²) in [5.41, 5.74) is 1.09. The minimum atomic E-state index is -0.0513. The molecule has 0 atom stereocenters. The van der Waals surface area contributed by atoms with E-state index in [0.717, 1.165) is 24.6 Å². The first-order valence-corrected chi connectivity index (χ1v) is 7.04. The van der Waals surface area contributed by atoms with Crippen LogP contribution in [-0.4, -0.2) is 41.9 Å². The highest BCUT2D eigenvalue weighted by atomic mass is 32.2. The zero-order valence-electron chi connectivity index (χ0n) is 10.1. The molecule has 4 nitrogen and oxygen atoms in total. The molecule has 0 radical (unpaired) electrons. The highest BCUT2D eigenvalue weighted by Crippen LogP contribution is 2.14. The first-order valence-electron chi connectivity index (χ1n) is 5.88. The van der Waals surface area contributed by atoms with Gasteiger partial charge in [0.25, 0.3) is 0 Å². The van der Waals surface area contributed by atoms with Gasteiger partial charge < -0.3 is 5.32 Å². The van der Waals surface area contributed by atoms with E-state index in [9.17, 15) is 4.79 Å². The molecular weight excluding hydrogens is 246 g/mol. The van der Waals surface area contributed by atoms with E-state index in [2.05, 4.69) is 16.3 Å². The highest BCUT2D eigenvalue weighted by molar-refractivity contribution is 7.99. The van der Waals surface area contributed by atoms with Gasteiger partial charge in [0.05, 0.1) is 17.8 Å². The first kappa shape index (κ1) is 12.9. The van der Waals surface area contributed by atoms with Crippen molar-refractivity contribution in [2.75, 3.05) is 36.5 Å². The van der Waals surface area contributed by atoms with E-state index in [1.54, 1.807) is 18.2 Å². The normalized spacial score (nSPS) is 15.9. The third-order valence-electron chi connectivity index (χ3n) is 2.79. The molecule has 1 aromatic carbocycles. The SMILES string of the molecule is N#Cc1ccccc1NC(=O)CN1CCSCC1. The number of rotatable bonds is 3. The van der Waals surface area contributed by atoms with Crippen molar-refractivity contribution in [1.29, 1.82) is 5.26 Å². The second-order valence-electron chi connectivity index (χ2n) is 4.09. The van der Waals surface area contributed by atoms with E-state index in [-0.39, 0.29) is 5.91 Å². The van der Waals surface area contributed by atoms with Gasteiger partial charge in [0.2, 0.25) is 5.91 Å². The lowest BCUT2D eigenvalue weighted by Gasteiger charge is -2.25. The highest BCUT2D eigenvalue weighted by Gasteiger charge is 2.14. The van der Waals surface area contributed by atoms with E-state index >= 15 is 0 Å². The summed E-state index contributed by atoms with van der Waals surface area (Å²) in [6.07, 6.45) is 0. The maximum Gasteiger partial charge on any atom is 0.238 e. The molecule has 5 heteroatoms. The van der Waals surface area contributed by atoms with Crippen LogP contribution in [0, 0.1) is 11.3 Å². The largest absolute Gasteiger partial charge is 0.324 e. The van der Waals surface area contributed by atoms with Crippen molar-refractivity contribution in [3.05, 3.63) is 29.8 Å². The number of para-hydroxylation sites is 1. The molecule has 0 saturated carbocycles. The maximum atomic E-state index is 11.9. The Morgan fingerprint density at radius 2 is 2.11 bits per heavy atom. The van der Waals surface area contributed by atoms with Gasteiger partial charge in [-0.2, -0.15) is 17.0 Å². The molecule has 1 aromatic rings. The minimum absolute atomic E-state index is 0.0513. The van der Waals surface area contributed by atoms with Crippen LogP contribution < -0.4 is 5.32 Å². The molecule has 0 aliphatic carbocycles. The van der Waals surface area contributed by atoms with Crippen molar-refractivity contribution in [2.24, 2.45) is 0 Å². The van der Waals surface area contributed by atoms with E-state index < -0.39 is 0 Å². The van der Waals surface area contributed by atoms with Crippen LogP contribution in [-0.2, 0) is 4.79 Å². The monoisotopic (exact) mass is 261 g/mol. The lowest BCUT2D eigenvalue weighted by atomic mass is 10.2. The Morgan fingerprint density at radius 3 is 2.83 bits per heavy atom. The van der Waals surface area contributed by atoms with Gasteiger partial charge in [0.15, 0.2) is 0 Å². The van der Waals surface area contributed by atoms with E-state index in [1.165, 1.54) is 0 Å². The van der Waals surface area contributed by atoms with Crippen molar-refractivity contribution >= 4 is 23.4 Å². The number of anilines is 1. The topological polar surface area (TPSA) is 56.1 Å². The first-order chi connectivity index (χ1) is 8.79. The number of hydrogen-bond donors (Lipinski definition) is 1. The average molecular weight is 261 g/mol. The number of carbonyl (C=O) groups excluding carboxylic acids is 1. The summed E-state index contributed by atoms with van der Waals surface area (Å²) in [5.74, 6) is 2.12. The maximum absolute atomic E-state index is 11.9. The fourth-order valence-electron chi connectivity index (χ4n) is 1.84. The molecule has 1 aliphatic rings. The third kappa shape index (κ3) is 3.49. The number of thioether (sulfide) groups is 1. The lowest BCUT2D eigenvalue weighted by Crippen LogP contribution is -2.38. The summed E-state index contributed by atoms with van der Waals surface area (Å²) >= 11 is 1.92. The predicted octanol–water partition coefficient (Wildman–Crippen LogP) is 1.55. The van der Waals surface area contributed by atoms with Gasteiger partial charge in [-0.25, -0.2) is 0 Å². The van der Waals surface area contributed by atoms with Crippen molar-refractivity contribution in [3.63, 3.8) is 0 Å². The van der Waals surface area contributed by atoms with E-state index in [0.29, 0.717) is 17.8 Å². The zero-order valence-corrected chi connectivity index (χ0v) is 10.9. The molecule has 1 N–H and O–H groups in total. The molecule has 0 unspecified atom stereocenters. The predicted molar refractivity (Wildman–Crippen MR) is 73.6 cm³/mol. The van der Waals surface area contributed by atoms with Crippen molar-refractivity contribution in [1.82, 2.24) is 4.90 Å². The molecule has 1 amide bonds. The molecule has 1 aliphatic heterocycles. The van der Waals surface area contributed by atoms with Crippen LogP contribution in [0.4, 0.5) is 5.69 Å². The van der Waals surface area contributed by atoms with Gasteiger partial charge in [-0.05, 0) is 12.1 Å². The van der Waals surface area contributed by atoms with E-state index in [4.69, 9.17) is 5.26 Å². The summed E-state index contributed by atoms with van der Waals surface area (Å²) in [6, 6.07) is 9.13. The second-order valence-corrected chi connectivity index (χ2v) is 5.32. The van der Waals surface area contributed by atoms with Gasteiger partial charge in [-0.15, -0.1) is 0 Å². The Labute approximate surface area is 111 Å². The molecule has 1 fully saturated rings. The summed E-state index contributed by atoms with van der Waals surface area (Å²) in [4.78, 5) is 14.0. The van der Waals surface area contributed by atoms with Gasteiger partial charge in [0.1, 0.15) is 6.07 Å². The summed E-state index contributed by atoms with van der Waals surface area (Å²) in [5, 5.41) is 11.7. The van der Waals surface area contributed by atoms with Crippen LogP contribution in [0.25, 0.3) is 0 Å². The number of benzene rings is 1. The lowest BCUT2D eigenvalue weighted by molar-refractivity contribution is -0.117. The fraction of sp³-hybridized carbons (Fsp3) is 0.385. The molecular formula is C13H15N3OS. The quantitative estimate of drug-likeness (QED) is 0.897. The van der Waals surface area contributed by atoms with Crippen molar-refractivity contribution in [2.45, 2.75) is 0 Å². The molecule has 2 rings (SSSR count). The van der Waals surface area contributed by atoms with Crippen molar-refractivity contribution < 1.29 is 4.79 Å². The Bertz CT molecular complexity index is 464. The van der Waals surface area contributed by atoms with Crippen LogP contribution in [0.1, 0.15) is 5.56 Å². The number of amides is 1. The Kier molecular flexibility index (Phi) is 4.62. The van der Waals surface area contributed by atoms with Gasteiger partial charge in [0, 0.05) is 24.6 Å². The van der Waals surface area contributed by atoms with Crippen LogP contribution >= 0.6 is 11.8 Å². The number of hydrogen-bond acceptors (Lipinski definition) is 4. The molecule has 1 heterocycles. The van der Waals surface area contributed by atoms with Crippen LogP contribution in [0.3, 0.4) is 0 Å². The molecule has 18 heavy (non-hydrogen) atoms. The van der Waals surface area contributed by atoms with Gasteiger partial charge in [-0.1, -0.05) is 12.1 Å². The van der Waals surface area contributed by atoms with Gasteiger partial charge in [-0.3, -0.25) is 9.69 Å². The van der Waals surface area contributed by atoms with Crippen LogP contribution in [0.2, 0.25) is 0 Å². The van der Waals surface area contributed by atoms with Crippen molar-refractivity contribution in [3.8, 4) is 6.07 Å². The Balaban J connectivity index is 1.92. The van der Waals surface area contributed by atoms with Gasteiger partial charge >= 0.3 is 0 Å². The molecule has 94 valence electrons. The Morgan fingerprint density at radius 1 is 1.39 bits per heavy atom. The second kappa shape index (κ2) is 6.43.